The van der Waals surface area contributed by atoms with Crippen LogP contribution in [0.5, 0.6) is 0 Å². The molecular formula is HBrO3S. The van der Waals surface area contributed by atoms with Crippen LogP contribution in [-0.4, -0.2) is 8.42 Å². The Hall–Kier alpha value is 0.390. The van der Waals surface area contributed by atoms with Crippen molar-refractivity contribution >= 4 is 27.2 Å². The van der Waals surface area contributed by atoms with E-state index in [1.807, 2.05) is 0 Å². The maximum absolute atomic E-state index is 9.14. The Morgan fingerprint density at radius 3 is 1.80 bits per heavy atom. The van der Waals surface area contributed by atoms with E-state index in [4.69, 9.17) is 8.42 Å². The zero-order chi connectivity index (χ0) is 4.28. The van der Waals surface area contributed by atoms with Crippen molar-refractivity contribution in [3.63, 3.8) is 0 Å². The van der Waals surface area contributed by atoms with Crippen LogP contribution >= 0.6 is 16.3 Å². The maximum Gasteiger partial charge on any atom is 0.267 e. The van der Waals surface area contributed by atoms with E-state index in [1.165, 1.54) is 0 Å². The second-order valence-corrected chi connectivity index (χ2v) is 1.75. The Kier molecular flexibility index (Phi) is 2.82. The van der Waals surface area contributed by atoms with E-state index in [0.717, 1.165) is 0 Å². The molecule has 0 N–H and O–H groups in total. The first-order valence-corrected chi connectivity index (χ1v) is 2.44. The van der Waals surface area contributed by atoms with Crippen molar-refractivity contribution in [1.29, 1.82) is 0 Å². The Bertz CT molecular complexity index is 65.0. The quantitative estimate of drug-likeness (QED) is 0.543. The van der Waals surface area contributed by atoms with Gasteiger partial charge in [-0.2, -0.15) is 3.27 Å². The topological polar surface area (TPSA) is 43.4 Å². The molecule has 0 aliphatic heterocycles. The van der Waals surface area contributed by atoms with E-state index >= 15 is 0 Å². The number of halogens is 1. The average Bonchev–Trinajstić information content (AvgIpc) is 1.38. The lowest BCUT2D eigenvalue weighted by atomic mass is 15.9. The van der Waals surface area contributed by atoms with Gasteiger partial charge < -0.3 is 0 Å². The molecule has 0 heterocycles. The van der Waals surface area contributed by atoms with E-state index < -0.39 is 11.0 Å². The largest absolute Gasteiger partial charge is 0.267 e. The van der Waals surface area contributed by atoms with Gasteiger partial charge in [0.2, 0.25) is 0 Å². The summed E-state index contributed by atoms with van der Waals surface area (Å²) in [5.41, 5.74) is 0. The molecule has 0 aromatic heterocycles. The van der Waals surface area contributed by atoms with Crippen LogP contribution in [0, 0.1) is 0 Å². The Balaban J connectivity index is 3.23. The van der Waals surface area contributed by atoms with Gasteiger partial charge in [0.15, 0.2) is 0 Å². The Morgan fingerprint density at radius 2 is 1.80 bits per heavy atom. The lowest BCUT2D eigenvalue weighted by Gasteiger charge is -1.62. The van der Waals surface area contributed by atoms with Gasteiger partial charge >= 0.3 is 0 Å². The molecule has 0 aromatic carbocycles. The minimum Gasteiger partial charge on any atom is -0.202 e. The third-order valence-electron chi connectivity index (χ3n) is 0.0563. The molecular weight excluding hydrogens is 160 g/mol. The molecule has 5 heavy (non-hydrogen) atoms. The molecule has 5 heteroatoms. The third kappa shape index (κ3) is 4.39. The molecule has 0 atom stereocenters. The van der Waals surface area contributed by atoms with Crippen LogP contribution in [0.1, 0.15) is 0 Å². The van der Waals surface area contributed by atoms with Crippen LogP contribution in [0.25, 0.3) is 0 Å². The molecule has 0 unspecified atom stereocenters. The fourth-order valence-corrected chi connectivity index (χ4v) is 0. The molecule has 0 aliphatic carbocycles. The number of hydrogen-bond acceptors (Lipinski definition) is 3. The van der Waals surface area contributed by atoms with Gasteiger partial charge in [-0.3, -0.25) is 0 Å². The van der Waals surface area contributed by atoms with Crippen LogP contribution in [0.3, 0.4) is 0 Å². The Labute approximate surface area is 39.5 Å². The van der Waals surface area contributed by atoms with Crippen molar-refractivity contribution in [2.24, 2.45) is 0 Å². The smallest absolute Gasteiger partial charge is 0.202 e. The molecule has 0 aliphatic rings. The van der Waals surface area contributed by atoms with Crippen molar-refractivity contribution in [3.8, 4) is 0 Å². The van der Waals surface area contributed by atoms with Crippen LogP contribution in [-0.2, 0) is 14.3 Å². The van der Waals surface area contributed by atoms with Crippen molar-refractivity contribution in [1.82, 2.24) is 0 Å². The van der Waals surface area contributed by atoms with Gasteiger partial charge in [-0.15, -0.1) is 0 Å². The van der Waals surface area contributed by atoms with E-state index in [1.54, 1.807) is 0 Å². The normalized spacial score (nSPS) is 9.20. The number of hydrogen-bond donors (Lipinski definition) is 1. The highest BCUT2D eigenvalue weighted by atomic mass is 79.9. The monoisotopic (exact) mass is 160 g/mol. The standard InChI is InChI=1S/BrHO3S/c1-4-5(2)3/h5H. The predicted molar refractivity (Wildman–Crippen MR) is 20.3 cm³/mol. The second kappa shape index (κ2) is 2.62. The summed E-state index contributed by atoms with van der Waals surface area (Å²) < 4.78 is 21.8. The highest BCUT2D eigenvalue weighted by Gasteiger charge is 1.65. The number of thiol groups is 1. The van der Waals surface area contributed by atoms with Crippen LogP contribution in [0.2, 0.25) is 0 Å². The highest BCUT2D eigenvalue weighted by molar-refractivity contribution is 9.06. The summed E-state index contributed by atoms with van der Waals surface area (Å²) in [5.74, 6) is 0. The summed E-state index contributed by atoms with van der Waals surface area (Å²) in [6.45, 7) is 0. The van der Waals surface area contributed by atoms with Crippen molar-refractivity contribution < 1.29 is 11.7 Å². The molecule has 32 valence electrons. The first-order chi connectivity index (χ1) is 2.27. The molecule has 3 nitrogen and oxygen atoms in total. The molecule has 0 rings (SSSR count). The molecule has 0 amide bonds. The summed E-state index contributed by atoms with van der Waals surface area (Å²) in [4.78, 5) is 0. The second-order valence-electron chi connectivity index (χ2n) is 0.293. The van der Waals surface area contributed by atoms with Gasteiger partial charge in [0.25, 0.3) is 11.0 Å². The van der Waals surface area contributed by atoms with Crippen LogP contribution in [0.4, 0.5) is 0 Å². The lowest BCUT2D eigenvalue weighted by Crippen LogP contribution is -1.63. The first kappa shape index (κ1) is 5.39. The van der Waals surface area contributed by atoms with E-state index in [-0.39, 0.29) is 0 Å². The summed E-state index contributed by atoms with van der Waals surface area (Å²) >= 11 is 2.22. The summed E-state index contributed by atoms with van der Waals surface area (Å²) in [6.07, 6.45) is 0. The van der Waals surface area contributed by atoms with Crippen molar-refractivity contribution in [2.75, 3.05) is 0 Å². The fourth-order valence-electron chi connectivity index (χ4n) is 0. The molecule has 0 saturated carbocycles. The minimum absolute atomic E-state index is 2.22. The highest BCUT2D eigenvalue weighted by Crippen LogP contribution is 1.78. The van der Waals surface area contributed by atoms with E-state index in [2.05, 4.69) is 19.5 Å². The summed E-state index contributed by atoms with van der Waals surface area (Å²) in [5, 5.41) is 0. The zero-order valence-corrected chi connectivity index (χ0v) is 4.53. The van der Waals surface area contributed by atoms with Gasteiger partial charge in [-0.1, -0.05) is 0 Å². The Morgan fingerprint density at radius 1 is 1.60 bits per heavy atom. The van der Waals surface area contributed by atoms with Crippen LogP contribution in [0.15, 0.2) is 0 Å². The summed E-state index contributed by atoms with van der Waals surface area (Å²) in [7, 11) is -2.68. The van der Waals surface area contributed by atoms with Gasteiger partial charge in [-0.05, 0) is 0 Å². The molecule has 0 aromatic rings. The first-order valence-electron chi connectivity index (χ1n) is 0.702. The van der Waals surface area contributed by atoms with Gasteiger partial charge in [-0.25, -0.2) is 8.42 Å². The summed E-state index contributed by atoms with van der Waals surface area (Å²) in [6, 6.07) is 0. The van der Waals surface area contributed by atoms with E-state index in [9.17, 15) is 0 Å². The van der Waals surface area contributed by atoms with Crippen LogP contribution < -0.4 is 0 Å². The number of rotatable bonds is 1. The van der Waals surface area contributed by atoms with Gasteiger partial charge in [0, 0.05) is 0 Å². The van der Waals surface area contributed by atoms with Crippen molar-refractivity contribution in [2.45, 2.75) is 0 Å². The molecule has 0 radical (unpaired) electrons. The molecule has 0 saturated heterocycles. The maximum atomic E-state index is 9.14. The van der Waals surface area contributed by atoms with E-state index in [0.29, 0.717) is 0 Å². The molecule has 0 spiro atoms. The average molecular weight is 161 g/mol. The predicted octanol–water partition coefficient (Wildman–Crippen LogP) is -0.161. The fraction of sp³-hybridized carbons (Fsp3) is 0. The van der Waals surface area contributed by atoms with Gasteiger partial charge in [0.1, 0.15) is 16.3 Å². The molecule has 0 bridgehead atoms. The molecule has 0 fully saturated rings. The van der Waals surface area contributed by atoms with Gasteiger partial charge in [0.05, 0.1) is 0 Å². The third-order valence-corrected chi connectivity index (χ3v) is 0.878. The lowest BCUT2D eigenvalue weighted by molar-refractivity contribution is 0.552. The minimum atomic E-state index is -2.68. The van der Waals surface area contributed by atoms with Crippen molar-refractivity contribution in [3.05, 3.63) is 0 Å². The zero-order valence-electron chi connectivity index (χ0n) is 2.05. The SMILES string of the molecule is O=[SH](=O)OBr.